The van der Waals surface area contributed by atoms with Crippen LogP contribution in [-0.2, 0) is 39.8 Å². The molecule has 0 unspecified atom stereocenters. The number of hydrogen-bond acceptors (Lipinski definition) is 9. The van der Waals surface area contributed by atoms with Crippen molar-refractivity contribution in [2.75, 3.05) is 28.4 Å². The average molecular weight is 641 g/mol. The number of esters is 1. The molecular weight excluding hydrogens is 588 g/mol. The van der Waals surface area contributed by atoms with Crippen LogP contribution in [0, 0.1) is 17.8 Å². The second-order valence-corrected chi connectivity index (χ2v) is 12.5. The van der Waals surface area contributed by atoms with Gasteiger partial charge in [0.2, 0.25) is 5.79 Å². The summed E-state index contributed by atoms with van der Waals surface area (Å²) in [5.41, 5.74) is 1.82. The Morgan fingerprint density at radius 1 is 0.891 bits per heavy atom. The van der Waals surface area contributed by atoms with E-state index < -0.39 is 42.1 Å². The fourth-order valence-electron chi connectivity index (χ4n) is 6.75. The molecule has 2 aliphatic rings. The Morgan fingerprint density at radius 2 is 1.59 bits per heavy atom. The van der Waals surface area contributed by atoms with E-state index >= 15 is 0 Å². The highest BCUT2D eigenvalue weighted by molar-refractivity contribution is 5.73. The number of aliphatic hydroxyl groups excluding tert-OH is 1. The van der Waals surface area contributed by atoms with Gasteiger partial charge in [-0.2, -0.15) is 0 Å². The molecule has 1 N–H and O–H groups in total. The third-order valence-electron chi connectivity index (χ3n) is 9.66. The van der Waals surface area contributed by atoms with Gasteiger partial charge in [0, 0.05) is 33.2 Å². The molecule has 1 fully saturated rings. The van der Waals surface area contributed by atoms with Gasteiger partial charge in [-0.05, 0) is 49.4 Å². The van der Waals surface area contributed by atoms with E-state index in [1.807, 2.05) is 74.5 Å². The zero-order valence-electron chi connectivity index (χ0n) is 28.3. The second kappa shape index (κ2) is 16.9. The fourth-order valence-corrected chi connectivity index (χ4v) is 6.75. The van der Waals surface area contributed by atoms with Gasteiger partial charge in [-0.15, -0.1) is 0 Å². The monoisotopic (exact) mass is 640 g/mol. The molecular formula is C37H52O9. The molecule has 9 nitrogen and oxygen atoms in total. The summed E-state index contributed by atoms with van der Waals surface area (Å²) in [6.45, 7) is 5.97. The zero-order valence-corrected chi connectivity index (χ0v) is 28.3. The van der Waals surface area contributed by atoms with E-state index in [0.717, 1.165) is 36.1 Å². The molecule has 0 aliphatic carbocycles. The van der Waals surface area contributed by atoms with Crippen molar-refractivity contribution in [2.45, 2.75) is 95.5 Å². The molecule has 2 aromatic rings. The van der Waals surface area contributed by atoms with E-state index in [9.17, 15) is 9.90 Å². The first-order valence-electron chi connectivity index (χ1n) is 16.3. The molecule has 9 heteroatoms. The van der Waals surface area contributed by atoms with E-state index in [4.69, 9.17) is 33.2 Å². The van der Waals surface area contributed by atoms with Crippen LogP contribution in [0.15, 0.2) is 66.7 Å². The predicted octanol–water partition coefficient (Wildman–Crippen LogP) is 6.04. The standard InChI is InChI=1S/C37H52O9/c1-24-17-22-32(42-6)31(41-5)16-12-11-15-30(28-13-9-8-10-14-28)45-36(39)26(3)37(43-7)35(38)34(25(2)33(24)46-37)44-23-27-18-20-29(40-4)21-19-27/h8-10,13-14,17-22,24-26,30-35,38H,11-12,15-16,23H2,1-7H3/b22-17+/t24-,25+,26+,30-,31-,32+,33-,34-,35-,37+/m0/s1. The number of ether oxygens (including phenoxy) is 7. The molecule has 2 heterocycles. The van der Waals surface area contributed by atoms with Gasteiger partial charge in [0.25, 0.3) is 0 Å². The minimum atomic E-state index is -1.73. The quantitative estimate of drug-likeness (QED) is 0.274. The van der Waals surface area contributed by atoms with Crippen LogP contribution in [0.3, 0.4) is 0 Å². The van der Waals surface area contributed by atoms with Gasteiger partial charge >= 0.3 is 5.97 Å². The highest BCUT2D eigenvalue weighted by atomic mass is 16.7. The van der Waals surface area contributed by atoms with Gasteiger partial charge in [-0.1, -0.05) is 74.9 Å². The van der Waals surface area contributed by atoms with Crippen molar-refractivity contribution < 1.29 is 43.1 Å². The predicted molar refractivity (Wildman–Crippen MR) is 174 cm³/mol. The summed E-state index contributed by atoms with van der Waals surface area (Å²) in [4.78, 5) is 14.0. The first-order valence-corrected chi connectivity index (χ1v) is 16.3. The number of methoxy groups -OCH3 is 4. The molecule has 0 radical (unpaired) electrons. The highest BCUT2D eigenvalue weighted by Crippen LogP contribution is 2.44. The molecule has 0 amide bonds. The van der Waals surface area contributed by atoms with Gasteiger partial charge in [0.15, 0.2) is 0 Å². The van der Waals surface area contributed by atoms with Crippen LogP contribution in [0.1, 0.15) is 63.7 Å². The summed E-state index contributed by atoms with van der Waals surface area (Å²) in [7, 11) is 6.47. The maximum Gasteiger partial charge on any atom is 0.314 e. The van der Waals surface area contributed by atoms with Crippen molar-refractivity contribution in [3.8, 4) is 5.75 Å². The van der Waals surface area contributed by atoms with Crippen LogP contribution in [-0.4, -0.2) is 75.8 Å². The number of fused-ring (bicyclic) bond motifs is 2. The Kier molecular flexibility index (Phi) is 13.2. The van der Waals surface area contributed by atoms with E-state index in [-0.39, 0.29) is 30.7 Å². The Morgan fingerprint density at radius 3 is 2.22 bits per heavy atom. The number of aliphatic hydroxyl groups is 1. The number of cyclic esters (lactones) is 1. The third kappa shape index (κ3) is 8.19. The van der Waals surface area contributed by atoms with Crippen molar-refractivity contribution >= 4 is 5.97 Å². The minimum absolute atomic E-state index is 0.149. The Hall–Kier alpha value is -2.79. The topological polar surface area (TPSA) is 102 Å². The van der Waals surface area contributed by atoms with Gasteiger partial charge in [-0.3, -0.25) is 4.79 Å². The van der Waals surface area contributed by atoms with Crippen molar-refractivity contribution in [3.05, 3.63) is 77.9 Å². The van der Waals surface area contributed by atoms with Crippen molar-refractivity contribution in [1.82, 2.24) is 0 Å². The average Bonchev–Trinajstić information content (AvgIpc) is 3.08. The lowest BCUT2D eigenvalue weighted by atomic mass is 9.77. The fraction of sp³-hybridized carbons (Fsp3) is 0.595. The van der Waals surface area contributed by atoms with Crippen LogP contribution >= 0.6 is 0 Å². The van der Waals surface area contributed by atoms with Gasteiger partial charge in [0.1, 0.15) is 30.0 Å². The molecule has 2 bridgehead atoms. The molecule has 0 saturated carbocycles. The molecule has 4 rings (SSSR count). The molecule has 254 valence electrons. The minimum Gasteiger partial charge on any atom is -0.497 e. The lowest BCUT2D eigenvalue weighted by Crippen LogP contribution is -2.67. The lowest BCUT2D eigenvalue weighted by Gasteiger charge is -2.52. The van der Waals surface area contributed by atoms with Crippen LogP contribution < -0.4 is 4.74 Å². The number of carbonyl (C=O) groups excluding carboxylic acids is 1. The van der Waals surface area contributed by atoms with E-state index in [0.29, 0.717) is 6.42 Å². The molecule has 1 saturated heterocycles. The normalized spacial score (nSPS) is 35.2. The van der Waals surface area contributed by atoms with E-state index in [1.165, 1.54) is 7.11 Å². The lowest BCUT2D eigenvalue weighted by molar-refractivity contribution is -0.370. The van der Waals surface area contributed by atoms with Crippen molar-refractivity contribution in [2.24, 2.45) is 17.8 Å². The molecule has 0 spiro atoms. The Balaban J connectivity index is 1.72. The summed E-state index contributed by atoms with van der Waals surface area (Å²) in [6, 6.07) is 17.3. The summed E-state index contributed by atoms with van der Waals surface area (Å²) in [6.07, 6.45) is 3.79. The van der Waals surface area contributed by atoms with Crippen LogP contribution in [0.4, 0.5) is 0 Å². The van der Waals surface area contributed by atoms with Crippen LogP contribution in [0.2, 0.25) is 0 Å². The molecule has 0 aromatic heterocycles. The van der Waals surface area contributed by atoms with Gasteiger partial charge in [-0.25, -0.2) is 0 Å². The van der Waals surface area contributed by atoms with Crippen LogP contribution in [0.5, 0.6) is 5.75 Å². The smallest absolute Gasteiger partial charge is 0.314 e. The largest absolute Gasteiger partial charge is 0.497 e. The maximum atomic E-state index is 14.0. The molecule has 2 aliphatic heterocycles. The molecule has 10 atom stereocenters. The molecule has 2 aromatic carbocycles. The summed E-state index contributed by atoms with van der Waals surface area (Å²) in [5.74, 6) is -2.90. The number of carbonyl (C=O) groups is 1. The molecule has 46 heavy (non-hydrogen) atoms. The second-order valence-electron chi connectivity index (χ2n) is 12.5. The van der Waals surface area contributed by atoms with E-state index in [2.05, 4.69) is 6.08 Å². The Bertz CT molecular complexity index is 1240. The maximum absolute atomic E-state index is 14.0. The summed E-state index contributed by atoms with van der Waals surface area (Å²) < 4.78 is 42.5. The van der Waals surface area contributed by atoms with Crippen molar-refractivity contribution in [1.29, 1.82) is 0 Å². The highest BCUT2D eigenvalue weighted by Gasteiger charge is 2.59. The zero-order chi connectivity index (χ0) is 33.3. The first-order chi connectivity index (χ1) is 22.2. The summed E-state index contributed by atoms with van der Waals surface area (Å²) >= 11 is 0. The first kappa shape index (κ1) is 36.1. The van der Waals surface area contributed by atoms with Crippen molar-refractivity contribution in [3.63, 3.8) is 0 Å². The van der Waals surface area contributed by atoms with Gasteiger partial charge in [0.05, 0.1) is 32.0 Å². The Labute approximate surface area is 274 Å². The number of hydrogen-bond donors (Lipinski definition) is 1. The van der Waals surface area contributed by atoms with Crippen LogP contribution in [0.25, 0.3) is 0 Å². The number of benzene rings is 2. The van der Waals surface area contributed by atoms with E-state index in [1.54, 1.807) is 28.3 Å². The summed E-state index contributed by atoms with van der Waals surface area (Å²) in [5, 5.41) is 12.0. The number of rotatable bonds is 8. The SMILES string of the molecule is COc1ccc(CO[C@H]2[C@H](C)[C@H]3O[C@](OC)([C@H](C)C(=O)O[C@H](c4ccccc4)CCCC[C@H](OC)[C@H](OC)/C=C/[C@@H]3C)[C@H]2O)cc1. The third-order valence-corrected chi connectivity index (χ3v) is 9.66. The van der Waals surface area contributed by atoms with Gasteiger partial charge < -0.3 is 38.3 Å².